The van der Waals surface area contributed by atoms with Crippen LogP contribution in [0.15, 0.2) is 42.9 Å². The fourth-order valence-electron chi connectivity index (χ4n) is 3.01. The van der Waals surface area contributed by atoms with Gasteiger partial charge in [-0.3, -0.25) is 14.8 Å². The minimum absolute atomic E-state index is 0.117. The average molecular weight is 364 g/mol. The van der Waals surface area contributed by atoms with E-state index in [2.05, 4.69) is 19.9 Å². The zero-order chi connectivity index (χ0) is 18.8. The van der Waals surface area contributed by atoms with E-state index in [1.165, 1.54) is 6.20 Å². The van der Waals surface area contributed by atoms with Crippen LogP contribution in [0.2, 0.25) is 0 Å². The minimum Gasteiger partial charge on any atom is -0.471 e. The summed E-state index contributed by atoms with van der Waals surface area (Å²) in [5, 5.41) is 0. The number of anilines is 1. The number of amides is 1. The van der Waals surface area contributed by atoms with Gasteiger partial charge in [0.1, 0.15) is 11.8 Å². The number of benzene rings is 1. The fraction of sp³-hybridized carbons (Fsp3) is 0.316. The van der Waals surface area contributed by atoms with Crippen LogP contribution in [0.3, 0.4) is 0 Å². The molecule has 4 rings (SSSR count). The molecular weight excluding hydrogens is 344 g/mol. The predicted octanol–water partition coefficient (Wildman–Crippen LogP) is 1.78. The maximum absolute atomic E-state index is 12.8. The molecule has 0 spiro atoms. The number of aromatic nitrogens is 4. The van der Waals surface area contributed by atoms with Crippen LogP contribution in [0.5, 0.6) is 5.88 Å². The van der Waals surface area contributed by atoms with Crippen molar-refractivity contribution < 1.29 is 9.53 Å². The molecule has 3 heterocycles. The first-order valence-corrected chi connectivity index (χ1v) is 8.77. The maximum Gasteiger partial charge on any atom is 0.274 e. The number of para-hydroxylation sites is 2. The number of hydrogen-bond donors (Lipinski definition) is 0. The molecule has 27 heavy (non-hydrogen) atoms. The number of fused-ring (bicyclic) bond motifs is 1. The molecule has 3 aromatic rings. The van der Waals surface area contributed by atoms with Gasteiger partial charge in [-0.1, -0.05) is 12.1 Å². The molecule has 1 saturated heterocycles. The second kappa shape index (κ2) is 7.14. The van der Waals surface area contributed by atoms with Crippen molar-refractivity contribution in [3.05, 3.63) is 48.5 Å². The third kappa shape index (κ3) is 3.64. The normalized spacial score (nSPS) is 16.5. The number of rotatable bonds is 4. The molecule has 0 N–H and O–H groups in total. The first-order chi connectivity index (χ1) is 13.1. The summed E-state index contributed by atoms with van der Waals surface area (Å²) in [7, 11) is 3.79. The Morgan fingerprint density at radius 2 is 1.96 bits per heavy atom. The van der Waals surface area contributed by atoms with E-state index in [9.17, 15) is 4.79 Å². The smallest absolute Gasteiger partial charge is 0.274 e. The van der Waals surface area contributed by atoms with Gasteiger partial charge in [0, 0.05) is 27.1 Å². The Morgan fingerprint density at radius 3 is 2.78 bits per heavy atom. The second-order valence-electron chi connectivity index (χ2n) is 6.63. The van der Waals surface area contributed by atoms with E-state index >= 15 is 0 Å². The number of hydrogen-bond acceptors (Lipinski definition) is 7. The third-order valence-electron chi connectivity index (χ3n) is 4.45. The molecule has 1 aliphatic rings. The highest BCUT2D eigenvalue weighted by molar-refractivity contribution is 5.94. The lowest BCUT2D eigenvalue weighted by atomic mass is 10.3. The van der Waals surface area contributed by atoms with Crippen molar-refractivity contribution in [2.24, 2.45) is 0 Å². The topological polar surface area (TPSA) is 84.3 Å². The molecule has 0 unspecified atom stereocenters. The summed E-state index contributed by atoms with van der Waals surface area (Å²) < 4.78 is 5.92. The highest BCUT2D eigenvalue weighted by Gasteiger charge is 2.29. The van der Waals surface area contributed by atoms with Crippen LogP contribution in [0.4, 0.5) is 5.82 Å². The third-order valence-corrected chi connectivity index (χ3v) is 4.45. The van der Waals surface area contributed by atoms with Crippen LogP contribution in [0, 0.1) is 0 Å². The number of likely N-dealkylation sites (tertiary alicyclic amines) is 1. The summed E-state index contributed by atoms with van der Waals surface area (Å²) in [4.78, 5) is 33.7. The summed E-state index contributed by atoms with van der Waals surface area (Å²) in [6, 6.07) is 7.51. The monoisotopic (exact) mass is 364 g/mol. The van der Waals surface area contributed by atoms with Gasteiger partial charge in [-0.05, 0) is 12.1 Å². The van der Waals surface area contributed by atoms with Gasteiger partial charge in [-0.25, -0.2) is 4.98 Å². The van der Waals surface area contributed by atoms with Gasteiger partial charge in [-0.15, -0.1) is 0 Å². The van der Waals surface area contributed by atoms with Gasteiger partial charge >= 0.3 is 0 Å². The van der Waals surface area contributed by atoms with Crippen LogP contribution in [0.25, 0.3) is 11.0 Å². The molecular formula is C19H20N6O2. The molecule has 8 nitrogen and oxygen atoms in total. The molecule has 1 aliphatic heterocycles. The van der Waals surface area contributed by atoms with Crippen molar-refractivity contribution in [3.63, 3.8) is 0 Å². The number of carbonyl (C=O) groups is 1. The zero-order valence-corrected chi connectivity index (χ0v) is 15.2. The van der Waals surface area contributed by atoms with Crippen molar-refractivity contribution in [1.82, 2.24) is 24.8 Å². The lowest BCUT2D eigenvalue weighted by molar-refractivity contribution is 0.0765. The number of nitrogens with zero attached hydrogens (tertiary/aromatic N) is 6. The Hall–Kier alpha value is -3.29. The van der Waals surface area contributed by atoms with Crippen LogP contribution in [-0.4, -0.2) is 64.0 Å². The van der Waals surface area contributed by atoms with Crippen molar-refractivity contribution in [1.29, 1.82) is 0 Å². The second-order valence-corrected chi connectivity index (χ2v) is 6.63. The lowest BCUT2D eigenvalue weighted by Crippen LogP contribution is -2.31. The summed E-state index contributed by atoms with van der Waals surface area (Å²) in [5.74, 6) is 1.06. The SMILES string of the molecule is CN(C)c1cncc(O[C@H]2CCN(C(=O)c3cnc4ccccc4n3)C2)n1. The maximum atomic E-state index is 12.8. The molecule has 1 aromatic carbocycles. The summed E-state index contributed by atoms with van der Waals surface area (Å²) in [5.41, 5.74) is 1.84. The first kappa shape index (κ1) is 17.1. The Bertz CT molecular complexity index is 977. The van der Waals surface area contributed by atoms with E-state index in [0.717, 1.165) is 17.8 Å². The summed E-state index contributed by atoms with van der Waals surface area (Å²) in [6.45, 7) is 1.10. The fourth-order valence-corrected chi connectivity index (χ4v) is 3.01. The van der Waals surface area contributed by atoms with Gasteiger partial charge in [0.15, 0.2) is 5.82 Å². The number of ether oxygens (including phenoxy) is 1. The molecule has 0 bridgehead atoms. The van der Waals surface area contributed by atoms with Gasteiger partial charge in [0.2, 0.25) is 5.88 Å². The quantitative estimate of drug-likeness (QED) is 0.698. The molecule has 138 valence electrons. The summed E-state index contributed by atoms with van der Waals surface area (Å²) in [6.07, 6.45) is 5.42. The van der Waals surface area contributed by atoms with E-state index in [1.54, 1.807) is 17.3 Å². The molecule has 1 fully saturated rings. The largest absolute Gasteiger partial charge is 0.471 e. The van der Waals surface area contributed by atoms with Crippen molar-refractivity contribution in [2.75, 3.05) is 32.1 Å². The van der Waals surface area contributed by atoms with E-state index in [4.69, 9.17) is 4.74 Å². The van der Waals surface area contributed by atoms with Gasteiger partial charge in [0.05, 0.1) is 36.2 Å². The van der Waals surface area contributed by atoms with E-state index in [0.29, 0.717) is 30.2 Å². The van der Waals surface area contributed by atoms with Crippen LogP contribution >= 0.6 is 0 Å². The molecule has 1 amide bonds. The van der Waals surface area contributed by atoms with Crippen molar-refractivity contribution in [3.8, 4) is 5.88 Å². The van der Waals surface area contributed by atoms with E-state index in [-0.39, 0.29) is 12.0 Å². The van der Waals surface area contributed by atoms with Crippen molar-refractivity contribution >= 4 is 22.8 Å². The molecule has 0 radical (unpaired) electrons. The van der Waals surface area contributed by atoms with Crippen LogP contribution in [-0.2, 0) is 0 Å². The van der Waals surface area contributed by atoms with E-state index < -0.39 is 0 Å². The Balaban J connectivity index is 1.44. The average Bonchev–Trinajstić information content (AvgIpc) is 3.15. The highest BCUT2D eigenvalue weighted by Crippen LogP contribution is 2.20. The molecule has 0 aliphatic carbocycles. The number of carbonyl (C=O) groups excluding carboxylic acids is 1. The standard InChI is InChI=1S/C19H20N6O2/c1-24(2)17-10-20-11-18(23-17)27-13-7-8-25(12-13)19(26)16-9-21-14-5-3-4-6-15(14)22-16/h3-6,9-11,13H,7-8,12H2,1-2H3/t13-/m0/s1. The van der Waals surface area contributed by atoms with E-state index in [1.807, 2.05) is 43.3 Å². The van der Waals surface area contributed by atoms with Gasteiger partial charge in [0.25, 0.3) is 5.91 Å². The minimum atomic E-state index is -0.132. The Labute approximate surface area is 156 Å². The van der Waals surface area contributed by atoms with Gasteiger partial charge in [-0.2, -0.15) is 4.98 Å². The molecule has 2 aromatic heterocycles. The predicted molar refractivity (Wildman–Crippen MR) is 101 cm³/mol. The van der Waals surface area contributed by atoms with Crippen LogP contribution < -0.4 is 9.64 Å². The summed E-state index contributed by atoms with van der Waals surface area (Å²) >= 11 is 0. The molecule has 8 heteroatoms. The van der Waals surface area contributed by atoms with Gasteiger partial charge < -0.3 is 14.5 Å². The lowest BCUT2D eigenvalue weighted by Gasteiger charge is -2.17. The Morgan fingerprint density at radius 1 is 1.15 bits per heavy atom. The van der Waals surface area contributed by atoms with Crippen LogP contribution in [0.1, 0.15) is 16.9 Å². The zero-order valence-electron chi connectivity index (χ0n) is 15.2. The highest BCUT2D eigenvalue weighted by atomic mass is 16.5. The molecule has 1 atom stereocenters. The first-order valence-electron chi connectivity index (χ1n) is 8.77. The Kier molecular flexibility index (Phi) is 4.53. The molecule has 0 saturated carbocycles. The van der Waals surface area contributed by atoms with Crippen molar-refractivity contribution in [2.45, 2.75) is 12.5 Å².